The minimum atomic E-state index is -1.70. The molecule has 6 aliphatic rings. The highest BCUT2D eigenvalue weighted by atomic mass is 16.6. The quantitative estimate of drug-likeness (QED) is 0.158. The van der Waals surface area contributed by atoms with Crippen molar-refractivity contribution in [1.82, 2.24) is 10.6 Å². The van der Waals surface area contributed by atoms with Gasteiger partial charge in [-0.05, 0) is 128 Å². The maximum atomic E-state index is 15.1. The molecule has 5 fully saturated rings. The van der Waals surface area contributed by atoms with Gasteiger partial charge < -0.3 is 40.5 Å². The van der Waals surface area contributed by atoms with Crippen LogP contribution in [0.4, 0.5) is 0 Å². The molecule has 2 amide bonds. The molecule has 6 N–H and O–H groups in total. The van der Waals surface area contributed by atoms with Crippen LogP contribution in [0.25, 0.3) is 0 Å². The Morgan fingerprint density at radius 2 is 1.62 bits per heavy atom. The van der Waals surface area contributed by atoms with E-state index in [0.717, 1.165) is 56.9 Å². The average molecular weight is 743 g/mol. The number of carbonyl (C=O) groups excluding carboxylic acids is 3. The van der Waals surface area contributed by atoms with Gasteiger partial charge in [0.05, 0.1) is 37.3 Å². The molecule has 0 unspecified atom stereocenters. The van der Waals surface area contributed by atoms with E-state index in [9.17, 15) is 30.0 Å². The first-order chi connectivity index (χ1) is 24.7. The van der Waals surface area contributed by atoms with Crippen LogP contribution < -0.4 is 10.6 Å². The number of amides is 2. The van der Waals surface area contributed by atoms with Crippen LogP contribution in [0.2, 0.25) is 0 Å². The molecule has 1 aliphatic heterocycles. The van der Waals surface area contributed by atoms with Crippen LogP contribution in [0.15, 0.2) is 24.0 Å². The van der Waals surface area contributed by atoms with E-state index in [2.05, 4.69) is 58.8 Å². The van der Waals surface area contributed by atoms with Crippen LogP contribution in [0.1, 0.15) is 113 Å². The van der Waals surface area contributed by atoms with Crippen molar-refractivity contribution in [1.29, 1.82) is 0 Å². The van der Waals surface area contributed by atoms with E-state index in [0.29, 0.717) is 24.7 Å². The van der Waals surface area contributed by atoms with E-state index in [-0.39, 0.29) is 57.2 Å². The van der Waals surface area contributed by atoms with Crippen molar-refractivity contribution >= 4 is 17.8 Å². The molecule has 0 aromatic heterocycles. The summed E-state index contributed by atoms with van der Waals surface area (Å²) >= 11 is 0. The van der Waals surface area contributed by atoms with Gasteiger partial charge >= 0.3 is 5.97 Å². The van der Waals surface area contributed by atoms with Gasteiger partial charge in [0, 0.05) is 6.92 Å². The molecule has 298 valence electrons. The van der Waals surface area contributed by atoms with Crippen LogP contribution in [0.3, 0.4) is 0 Å². The zero-order chi connectivity index (χ0) is 39.1. The van der Waals surface area contributed by atoms with Crippen molar-refractivity contribution in [2.24, 2.45) is 56.7 Å². The fourth-order valence-electron chi connectivity index (χ4n) is 13.9. The first-order valence-corrected chi connectivity index (χ1v) is 20.1. The third-order valence-electron chi connectivity index (χ3n) is 16.8. The molecule has 5 saturated carbocycles. The van der Waals surface area contributed by atoms with Gasteiger partial charge in [0.25, 0.3) is 0 Å². The lowest BCUT2D eigenvalue weighted by atomic mass is 9.32. The molecule has 0 saturated heterocycles. The van der Waals surface area contributed by atoms with E-state index < -0.39 is 54.3 Å². The number of nitrogens with one attached hydrogen (secondary N) is 2. The predicted octanol–water partition coefficient (Wildman–Crippen LogP) is 4.16. The summed E-state index contributed by atoms with van der Waals surface area (Å²) in [6, 6.07) is -2.05. The summed E-state index contributed by atoms with van der Waals surface area (Å²) in [6.45, 7) is 19.2. The number of methoxy groups -OCH3 is 1. The normalized spacial score (nSPS) is 45.4. The summed E-state index contributed by atoms with van der Waals surface area (Å²) in [4.78, 5) is 40.5. The minimum absolute atomic E-state index is 0.0123. The van der Waals surface area contributed by atoms with Gasteiger partial charge in [-0.1, -0.05) is 46.8 Å². The Bertz CT molecular complexity index is 1510. The molecule has 0 bridgehead atoms. The molecule has 0 spiro atoms. The summed E-state index contributed by atoms with van der Waals surface area (Å²) in [7, 11) is 1.19. The third kappa shape index (κ3) is 6.00. The molecule has 1 heterocycles. The molecule has 5 aliphatic carbocycles. The zero-order valence-corrected chi connectivity index (χ0v) is 33.2. The van der Waals surface area contributed by atoms with E-state index >= 15 is 4.79 Å². The standard InChI is InChI=1S/C42H66N2O9/c1-22(2)24-12-17-42(37(51)44-26-20-28(36(50)52-9)53-35(33(26)43-23(3)46)34(49)27(47)21-45)19-18-40(7)25(32(24)42)10-11-30-39(6)15-14-31(48)38(4,5)29(39)13-16-41(30,40)8/h20,24-27,29-35,45,47-49H,1,10-19,21H2,2-9H3,(H,43,46)(H,44,51)/t24-,25+,26-,27+,29-,30+,31-,32+,33+,34+,35+,39-,40+,41+,42-/m0/s1. The maximum absolute atomic E-state index is 15.1. The monoisotopic (exact) mass is 742 g/mol. The van der Waals surface area contributed by atoms with Crippen molar-refractivity contribution in [2.45, 2.75) is 149 Å². The van der Waals surface area contributed by atoms with Crippen molar-refractivity contribution in [3.63, 3.8) is 0 Å². The lowest BCUT2D eigenvalue weighted by molar-refractivity contribution is -0.246. The number of aliphatic hydroxyl groups excluding tert-OH is 4. The molecule has 0 radical (unpaired) electrons. The molecular weight excluding hydrogens is 676 g/mol. The molecular formula is C42H66N2O9. The molecule has 15 atom stereocenters. The number of fused-ring (bicyclic) bond motifs is 7. The number of allylic oxidation sites excluding steroid dienone is 1. The Kier molecular flexibility index (Phi) is 10.6. The summed E-state index contributed by atoms with van der Waals surface area (Å²) < 4.78 is 10.7. The van der Waals surface area contributed by atoms with Crippen LogP contribution in [-0.4, -0.2) is 88.4 Å². The Balaban J connectivity index is 1.36. The molecule has 0 aromatic rings. The van der Waals surface area contributed by atoms with Crippen LogP contribution in [0, 0.1) is 56.7 Å². The summed E-state index contributed by atoms with van der Waals surface area (Å²) in [5.41, 5.74) is 0.436. The van der Waals surface area contributed by atoms with Crippen molar-refractivity contribution in [2.75, 3.05) is 13.7 Å². The molecule has 53 heavy (non-hydrogen) atoms. The van der Waals surface area contributed by atoms with Crippen molar-refractivity contribution in [3.8, 4) is 0 Å². The van der Waals surface area contributed by atoms with E-state index in [1.807, 2.05) is 0 Å². The number of aliphatic hydroxyl groups is 4. The topological polar surface area (TPSA) is 175 Å². The lowest BCUT2D eigenvalue weighted by Crippen LogP contribution is -2.68. The smallest absolute Gasteiger partial charge is 0.373 e. The van der Waals surface area contributed by atoms with Gasteiger partial charge in [0.2, 0.25) is 17.6 Å². The van der Waals surface area contributed by atoms with Gasteiger partial charge in [-0.25, -0.2) is 4.79 Å². The molecule has 11 nitrogen and oxygen atoms in total. The third-order valence-corrected chi connectivity index (χ3v) is 16.8. The number of rotatable bonds is 8. The number of hydrogen-bond donors (Lipinski definition) is 6. The van der Waals surface area contributed by atoms with Gasteiger partial charge in [-0.2, -0.15) is 0 Å². The minimum Gasteiger partial charge on any atom is -0.478 e. The second kappa shape index (κ2) is 13.9. The summed E-state index contributed by atoms with van der Waals surface area (Å²) in [5.74, 6) is -0.237. The average Bonchev–Trinajstić information content (AvgIpc) is 3.51. The maximum Gasteiger partial charge on any atom is 0.373 e. The highest BCUT2D eigenvalue weighted by Gasteiger charge is 2.72. The molecule has 0 aromatic carbocycles. The van der Waals surface area contributed by atoms with Gasteiger partial charge in [0.15, 0.2) is 0 Å². The van der Waals surface area contributed by atoms with E-state index in [4.69, 9.17) is 9.47 Å². The largest absolute Gasteiger partial charge is 0.478 e. The number of hydrogen-bond acceptors (Lipinski definition) is 9. The van der Waals surface area contributed by atoms with Crippen molar-refractivity contribution in [3.05, 3.63) is 24.0 Å². The van der Waals surface area contributed by atoms with Crippen LogP contribution in [0.5, 0.6) is 0 Å². The Morgan fingerprint density at radius 1 is 0.925 bits per heavy atom. The fourth-order valence-corrected chi connectivity index (χ4v) is 13.9. The van der Waals surface area contributed by atoms with Crippen LogP contribution >= 0.6 is 0 Å². The number of ether oxygens (including phenoxy) is 2. The number of esters is 1. The fraction of sp³-hybridized carbons (Fsp3) is 0.833. The van der Waals surface area contributed by atoms with E-state index in [1.54, 1.807) is 0 Å². The summed E-state index contributed by atoms with van der Waals surface area (Å²) in [5, 5.41) is 48.2. The SMILES string of the molecule is C=C(C)[C@@H]1CC[C@]2(C(=O)N[C@H]3C=C(C(=O)OC)O[C@@H]([C@H](O)[C@H](O)CO)[C@@H]3NC(C)=O)CC[C@]3(C)[C@H](CC[C@@H]4[C@@]5(C)CC[C@H](O)C(C)(C)[C@@H]5CC[C@]43C)[C@@H]12. The molecule has 6 rings (SSSR count). The first-order valence-electron chi connectivity index (χ1n) is 20.1. The Hall–Kier alpha value is -2.47. The summed E-state index contributed by atoms with van der Waals surface area (Å²) in [6.07, 6.45) is 5.77. The zero-order valence-electron chi connectivity index (χ0n) is 33.2. The lowest BCUT2D eigenvalue weighted by Gasteiger charge is -2.72. The van der Waals surface area contributed by atoms with Crippen molar-refractivity contribution < 1.29 is 44.3 Å². The highest BCUT2D eigenvalue weighted by molar-refractivity contribution is 5.88. The first kappa shape index (κ1) is 40.2. The van der Waals surface area contributed by atoms with Gasteiger partial charge in [-0.3, -0.25) is 9.59 Å². The second-order valence-corrected chi connectivity index (χ2v) is 19.3. The predicted molar refractivity (Wildman–Crippen MR) is 199 cm³/mol. The van der Waals surface area contributed by atoms with Gasteiger partial charge in [0.1, 0.15) is 18.3 Å². The van der Waals surface area contributed by atoms with Gasteiger partial charge in [-0.15, -0.1) is 0 Å². The second-order valence-electron chi connectivity index (χ2n) is 19.3. The van der Waals surface area contributed by atoms with Crippen LogP contribution in [-0.2, 0) is 23.9 Å². The number of carbonyl (C=O) groups is 3. The Labute approximate surface area is 315 Å². The van der Waals surface area contributed by atoms with E-state index in [1.165, 1.54) is 20.1 Å². The highest BCUT2D eigenvalue weighted by Crippen LogP contribution is 2.77. The molecule has 11 heteroatoms. The Morgan fingerprint density at radius 3 is 2.25 bits per heavy atom.